The van der Waals surface area contributed by atoms with Crippen molar-refractivity contribution in [2.75, 3.05) is 12.3 Å². The predicted octanol–water partition coefficient (Wildman–Crippen LogP) is -0.137. The van der Waals surface area contributed by atoms with E-state index in [-0.39, 0.29) is 50.7 Å². The summed E-state index contributed by atoms with van der Waals surface area (Å²) in [6, 6.07) is 14.7. The van der Waals surface area contributed by atoms with Crippen LogP contribution in [0, 0.1) is 6.08 Å². The minimum absolute atomic E-state index is 0. The Labute approximate surface area is 172 Å². The number of rotatable bonds is 3. The van der Waals surface area contributed by atoms with Crippen LogP contribution in [-0.2, 0) is 25.8 Å². The Kier molecular flexibility index (Phi) is 11.8. The number of unbranched alkanes of at least 4 members (excludes halogenated alkanes) is 1. The molecule has 0 saturated carbocycles. The summed E-state index contributed by atoms with van der Waals surface area (Å²) in [7, 11) is 0.293. The molecule has 2 aromatic carbocycles. The maximum absolute atomic E-state index is 3.47. The molecular formula is C19H21Cl2HfP. The number of fused-ring (bicyclic) bond motifs is 2. The Morgan fingerprint density at radius 2 is 1.96 bits per heavy atom. The van der Waals surface area contributed by atoms with Gasteiger partial charge in [0.2, 0.25) is 0 Å². The zero-order valence-corrected chi connectivity index (χ0v) is 19.4. The molecular weight excluding hydrogens is 509 g/mol. The average Bonchev–Trinajstić information content (AvgIpc) is 3.07. The van der Waals surface area contributed by atoms with E-state index in [1.54, 1.807) is 10.9 Å². The molecule has 0 amide bonds. The molecule has 1 unspecified atom stereocenters. The van der Waals surface area contributed by atoms with E-state index in [2.05, 4.69) is 61.5 Å². The van der Waals surface area contributed by atoms with Crippen LogP contribution in [0.15, 0.2) is 59.4 Å². The zero-order chi connectivity index (χ0) is 13.8. The van der Waals surface area contributed by atoms with Crippen LogP contribution < -0.4 is 24.8 Å². The molecule has 1 fully saturated rings. The SMILES string of the molecule is CCCCP1CC2=CC[C-]=C21.[Cl-].[Cl-].[Hf+4].c1ccc2[cH-]ccc2c1. The van der Waals surface area contributed by atoms with Crippen LogP contribution in [0.5, 0.6) is 0 Å². The molecule has 120 valence electrons. The molecule has 0 bridgehead atoms. The molecule has 2 aliphatic rings. The molecule has 0 N–H and O–H groups in total. The fraction of sp³-hybridized carbons (Fsp3) is 0.316. The van der Waals surface area contributed by atoms with E-state index in [4.69, 9.17) is 0 Å². The predicted molar refractivity (Wildman–Crippen MR) is 90.6 cm³/mol. The largest absolute Gasteiger partial charge is 4.00 e. The fourth-order valence-corrected chi connectivity index (χ4v) is 5.30. The summed E-state index contributed by atoms with van der Waals surface area (Å²) in [6.07, 6.45) is 12.6. The van der Waals surface area contributed by atoms with Crippen molar-refractivity contribution in [2.24, 2.45) is 0 Å². The topological polar surface area (TPSA) is 0 Å². The van der Waals surface area contributed by atoms with E-state index in [1.165, 1.54) is 35.9 Å². The number of hydrogen-bond donors (Lipinski definition) is 0. The molecule has 0 nitrogen and oxygen atoms in total. The van der Waals surface area contributed by atoms with Crippen molar-refractivity contribution in [1.29, 1.82) is 0 Å². The first-order chi connectivity index (χ1) is 9.88. The van der Waals surface area contributed by atoms with Crippen LogP contribution in [0.2, 0.25) is 0 Å². The maximum atomic E-state index is 3.47. The van der Waals surface area contributed by atoms with Crippen LogP contribution in [0.1, 0.15) is 26.2 Å². The van der Waals surface area contributed by atoms with Crippen LogP contribution in [0.25, 0.3) is 10.8 Å². The Bertz CT molecular complexity index is 615. The number of halogens is 2. The van der Waals surface area contributed by atoms with Gasteiger partial charge in [0.05, 0.1) is 0 Å². The van der Waals surface area contributed by atoms with Crippen molar-refractivity contribution in [2.45, 2.75) is 26.2 Å². The first-order valence-electron chi connectivity index (χ1n) is 7.54. The fourth-order valence-electron chi connectivity index (χ4n) is 2.74. The van der Waals surface area contributed by atoms with E-state index >= 15 is 0 Å². The summed E-state index contributed by atoms with van der Waals surface area (Å²) >= 11 is 0. The second kappa shape index (κ2) is 11.7. The molecule has 2 aromatic rings. The van der Waals surface area contributed by atoms with Gasteiger partial charge in [-0.25, -0.2) is 0 Å². The van der Waals surface area contributed by atoms with Gasteiger partial charge in [0.25, 0.3) is 0 Å². The molecule has 0 spiro atoms. The van der Waals surface area contributed by atoms with Gasteiger partial charge in [-0.2, -0.15) is 34.5 Å². The van der Waals surface area contributed by atoms with Crippen LogP contribution in [-0.4, -0.2) is 12.3 Å². The standard InChI is InChI=1S/C10H14P.C9H7.2ClH.Hf/c1-2-3-7-11-8-9-5-4-6-10(9)11;1-2-5-9-7-3-6-8(9)4-1;;;/h5H,2-4,7-8H2,1H3;1-7H;2*1H;/q2*-1;;;+4/p-2. The van der Waals surface area contributed by atoms with Gasteiger partial charge in [-0.15, -0.1) is 44.0 Å². The third-order valence-electron chi connectivity index (χ3n) is 3.93. The molecule has 4 heteroatoms. The van der Waals surface area contributed by atoms with Gasteiger partial charge in [-0.1, -0.05) is 25.6 Å². The summed E-state index contributed by atoms with van der Waals surface area (Å²) in [5.41, 5.74) is 1.63. The number of hydrogen-bond acceptors (Lipinski definition) is 0. The Hall–Kier alpha value is 0.190. The molecule has 1 aliphatic carbocycles. The number of benzene rings is 1. The first-order valence-corrected chi connectivity index (χ1v) is 9.25. The summed E-state index contributed by atoms with van der Waals surface area (Å²) in [5, 5.41) is 4.29. The van der Waals surface area contributed by atoms with Crippen molar-refractivity contribution in [3.63, 3.8) is 0 Å². The maximum Gasteiger partial charge on any atom is 4.00 e. The van der Waals surface area contributed by atoms with Gasteiger partial charge in [0.1, 0.15) is 0 Å². The number of allylic oxidation sites excluding steroid dienone is 4. The van der Waals surface area contributed by atoms with Crippen molar-refractivity contribution in [3.8, 4) is 0 Å². The molecule has 1 saturated heterocycles. The molecule has 1 heterocycles. The van der Waals surface area contributed by atoms with E-state index < -0.39 is 0 Å². The molecule has 23 heavy (non-hydrogen) atoms. The molecule has 1 aliphatic heterocycles. The molecule has 1 atom stereocenters. The second-order valence-electron chi connectivity index (χ2n) is 5.39. The van der Waals surface area contributed by atoms with Gasteiger partial charge < -0.3 is 24.8 Å². The van der Waals surface area contributed by atoms with Gasteiger partial charge in [-0.05, 0) is 12.6 Å². The first kappa shape index (κ1) is 23.2. The molecule has 0 aromatic heterocycles. The Morgan fingerprint density at radius 3 is 2.65 bits per heavy atom. The summed E-state index contributed by atoms with van der Waals surface area (Å²) < 4.78 is 0. The summed E-state index contributed by atoms with van der Waals surface area (Å²) in [5.74, 6) is 0. The third-order valence-corrected chi connectivity index (χ3v) is 6.58. The quantitative estimate of drug-likeness (QED) is 0.295. The van der Waals surface area contributed by atoms with Crippen molar-refractivity contribution >= 4 is 18.7 Å². The molecule has 0 radical (unpaired) electrons. The second-order valence-corrected chi connectivity index (χ2v) is 7.68. The average molecular weight is 530 g/mol. The third kappa shape index (κ3) is 5.89. The van der Waals surface area contributed by atoms with Gasteiger partial charge >= 0.3 is 25.8 Å². The minimum Gasteiger partial charge on any atom is -1.00 e. The van der Waals surface area contributed by atoms with E-state index in [0.717, 1.165) is 6.42 Å². The molecule has 4 rings (SSSR count). The smallest absolute Gasteiger partial charge is 1.00 e. The summed E-state index contributed by atoms with van der Waals surface area (Å²) in [4.78, 5) is 0. The Morgan fingerprint density at radius 1 is 1.17 bits per heavy atom. The van der Waals surface area contributed by atoms with Crippen LogP contribution in [0.4, 0.5) is 0 Å². The van der Waals surface area contributed by atoms with E-state index in [9.17, 15) is 0 Å². The summed E-state index contributed by atoms with van der Waals surface area (Å²) in [6.45, 7) is 2.28. The monoisotopic (exact) mass is 530 g/mol. The normalized spacial score (nSPS) is 17.0. The van der Waals surface area contributed by atoms with E-state index in [1.807, 2.05) is 0 Å². The van der Waals surface area contributed by atoms with Crippen LogP contribution in [0.3, 0.4) is 0 Å². The van der Waals surface area contributed by atoms with Gasteiger partial charge in [0.15, 0.2) is 0 Å². The van der Waals surface area contributed by atoms with Crippen molar-refractivity contribution in [1.82, 2.24) is 0 Å². The van der Waals surface area contributed by atoms with Gasteiger partial charge in [-0.3, -0.25) is 6.08 Å². The zero-order valence-electron chi connectivity index (χ0n) is 13.4. The van der Waals surface area contributed by atoms with Crippen molar-refractivity contribution in [3.05, 3.63) is 65.5 Å². The van der Waals surface area contributed by atoms with E-state index in [0.29, 0.717) is 7.92 Å². The van der Waals surface area contributed by atoms with Crippen LogP contribution >= 0.6 is 7.92 Å². The Balaban J connectivity index is 0.000000377. The van der Waals surface area contributed by atoms with Gasteiger partial charge in [0, 0.05) is 0 Å². The van der Waals surface area contributed by atoms with Crippen molar-refractivity contribution < 1.29 is 50.7 Å². The minimum atomic E-state index is 0.